The lowest BCUT2D eigenvalue weighted by Crippen LogP contribution is -2.16. The third-order valence-corrected chi connectivity index (χ3v) is 0.845. The molecule has 0 radical (unpaired) electrons. The minimum Gasteiger partial charge on any atom is -0.288 e. The highest BCUT2D eigenvalue weighted by Crippen LogP contribution is 2.13. The van der Waals surface area contributed by atoms with Crippen LogP contribution in [0.2, 0.25) is 0 Å². The van der Waals surface area contributed by atoms with Gasteiger partial charge in [-0.1, -0.05) is 26.8 Å². The summed E-state index contributed by atoms with van der Waals surface area (Å²) >= 11 is 0. The molecule has 0 atom stereocenters. The molecule has 0 aromatic rings. The molecule has 0 rings (SSSR count). The Hall–Kier alpha value is -0.830. The van der Waals surface area contributed by atoms with E-state index < -0.39 is 5.91 Å². The lowest BCUT2D eigenvalue weighted by atomic mass is 9.96. The molecule has 0 saturated carbocycles. The molecule has 0 unspecified atom stereocenters. The van der Waals surface area contributed by atoms with E-state index in [1.54, 1.807) is 6.08 Å². The van der Waals surface area contributed by atoms with Gasteiger partial charge in [0.25, 0.3) is 5.91 Å². The van der Waals surface area contributed by atoms with Gasteiger partial charge in [0.15, 0.2) is 0 Å². The molecule has 0 aliphatic heterocycles. The van der Waals surface area contributed by atoms with Crippen LogP contribution < -0.4 is 5.48 Å². The van der Waals surface area contributed by atoms with Crippen molar-refractivity contribution >= 4 is 5.91 Å². The van der Waals surface area contributed by atoms with E-state index in [9.17, 15) is 4.79 Å². The maximum Gasteiger partial charge on any atom is 0.267 e. The van der Waals surface area contributed by atoms with E-state index in [-0.39, 0.29) is 5.41 Å². The quantitative estimate of drug-likeness (QED) is 0.328. The van der Waals surface area contributed by atoms with Gasteiger partial charge in [-0.3, -0.25) is 10.0 Å². The lowest BCUT2D eigenvalue weighted by molar-refractivity contribution is -0.124. The van der Waals surface area contributed by atoms with E-state index in [0.29, 0.717) is 0 Å². The van der Waals surface area contributed by atoms with Crippen LogP contribution in [0.25, 0.3) is 0 Å². The number of hydrogen-bond acceptors (Lipinski definition) is 2. The normalized spacial score (nSPS) is 12.0. The highest BCUT2D eigenvalue weighted by atomic mass is 16.5. The van der Waals surface area contributed by atoms with Crippen molar-refractivity contribution in [2.24, 2.45) is 5.41 Å². The molecule has 1 amide bonds. The summed E-state index contributed by atoms with van der Waals surface area (Å²) in [4.78, 5) is 10.4. The minimum atomic E-state index is -0.491. The Morgan fingerprint density at radius 1 is 1.50 bits per heavy atom. The number of rotatable bonds is 1. The number of carbonyl (C=O) groups excluding carboxylic acids is 1. The first-order chi connectivity index (χ1) is 4.45. The molecule has 0 aliphatic carbocycles. The van der Waals surface area contributed by atoms with E-state index in [2.05, 4.69) is 0 Å². The number of hydroxylamine groups is 1. The van der Waals surface area contributed by atoms with Gasteiger partial charge in [0, 0.05) is 6.08 Å². The zero-order chi connectivity index (χ0) is 8.20. The molecule has 10 heavy (non-hydrogen) atoms. The first-order valence-electron chi connectivity index (χ1n) is 3.09. The summed E-state index contributed by atoms with van der Waals surface area (Å²) in [6.45, 7) is 5.90. The summed E-state index contributed by atoms with van der Waals surface area (Å²) in [6, 6.07) is 0. The van der Waals surface area contributed by atoms with Crippen molar-refractivity contribution in [2.45, 2.75) is 20.8 Å². The molecule has 3 heteroatoms. The number of hydrogen-bond donors (Lipinski definition) is 2. The molecule has 0 aliphatic rings. The van der Waals surface area contributed by atoms with Crippen molar-refractivity contribution in [3.63, 3.8) is 0 Å². The van der Waals surface area contributed by atoms with E-state index >= 15 is 0 Å². The lowest BCUT2D eigenvalue weighted by Gasteiger charge is -2.09. The zero-order valence-corrected chi connectivity index (χ0v) is 6.51. The third-order valence-electron chi connectivity index (χ3n) is 0.845. The van der Waals surface area contributed by atoms with E-state index in [1.165, 1.54) is 11.6 Å². The fraction of sp³-hybridized carbons (Fsp3) is 0.571. The van der Waals surface area contributed by atoms with Crippen molar-refractivity contribution < 1.29 is 10.0 Å². The molecule has 0 heterocycles. The smallest absolute Gasteiger partial charge is 0.267 e. The van der Waals surface area contributed by atoms with Crippen molar-refractivity contribution in [1.29, 1.82) is 0 Å². The second-order valence-corrected chi connectivity index (χ2v) is 3.18. The van der Waals surface area contributed by atoms with Crippen LogP contribution in [0.15, 0.2) is 12.2 Å². The topological polar surface area (TPSA) is 49.3 Å². The average molecular weight is 143 g/mol. The predicted molar refractivity (Wildman–Crippen MR) is 38.5 cm³/mol. The molecule has 3 nitrogen and oxygen atoms in total. The maximum absolute atomic E-state index is 10.4. The number of carbonyl (C=O) groups is 1. The van der Waals surface area contributed by atoms with Crippen LogP contribution >= 0.6 is 0 Å². The number of nitrogens with one attached hydrogen (secondary N) is 1. The Labute approximate surface area is 60.7 Å². The van der Waals surface area contributed by atoms with Crippen LogP contribution in [0, 0.1) is 5.41 Å². The fourth-order valence-electron chi connectivity index (χ4n) is 0.363. The van der Waals surface area contributed by atoms with Crippen LogP contribution in [0.4, 0.5) is 0 Å². The second-order valence-electron chi connectivity index (χ2n) is 3.18. The Kier molecular flexibility index (Phi) is 3.09. The summed E-state index contributed by atoms with van der Waals surface area (Å²) in [5.41, 5.74) is 1.49. The standard InChI is InChI=1S/C7H13NO2/c1-7(2,3)5-4-6(9)8-10/h4-5,10H,1-3H3,(H,8,9)/b5-4+. The molecule has 0 aromatic heterocycles. The highest BCUT2D eigenvalue weighted by Gasteiger charge is 2.04. The summed E-state index contributed by atoms with van der Waals surface area (Å²) in [7, 11) is 0. The van der Waals surface area contributed by atoms with Gasteiger partial charge >= 0.3 is 0 Å². The highest BCUT2D eigenvalue weighted by molar-refractivity contribution is 5.86. The Morgan fingerprint density at radius 3 is 2.30 bits per heavy atom. The van der Waals surface area contributed by atoms with Gasteiger partial charge in [0.2, 0.25) is 0 Å². The van der Waals surface area contributed by atoms with Crippen LogP contribution in [-0.4, -0.2) is 11.1 Å². The SMILES string of the molecule is CC(C)(C)/C=C/C(=O)NO. The zero-order valence-electron chi connectivity index (χ0n) is 6.51. The molecular formula is C7H13NO2. The molecular weight excluding hydrogens is 130 g/mol. The van der Waals surface area contributed by atoms with Gasteiger partial charge in [0.05, 0.1) is 0 Å². The molecule has 0 saturated heterocycles. The van der Waals surface area contributed by atoms with Gasteiger partial charge in [-0.2, -0.15) is 0 Å². The van der Waals surface area contributed by atoms with E-state index in [1.807, 2.05) is 20.8 Å². The van der Waals surface area contributed by atoms with Crippen LogP contribution in [0.5, 0.6) is 0 Å². The molecule has 58 valence electrons. The van der Waals surface area contributed by atoms with Crippen LogP contribution in [0.3, 0.4) is 0 Å². The summed E-state index contributed by atoms with van der Waals surface area (Å²) in [6.07, 6.45) is 3.03. The van der Waals surface area contributed by atoms with Crippen molar-refractivity contribution in [2.75, 3.05) is 0 Å². The van der Waals surface area contributed by atoms with Crippen molar-refractivity contribution in [1.82, 2.24) is 5.48 Å². The number of amides is 1. The monoisotopic (exact) mass is 143 g/mol. The van der Waals surface area contributed by atoms with Crippen LogP contribution in [0.1, 0.15) is 20.8 Å². The first-order valence-corrected chi connectivity index (χ1v) is 3.09. The van der Waals surface area contributed by atoms with Crippen molar-refractivity contribution in [3.8, 4) is 0 Å². The van der Waals surface area contributed by atoms with E-state index in [0.717, 1.165) is 0 Å². The van der Waals surface area contributed by atoms with Crippen LogP contribution in [-0.2, 0) is 4.79 Å². The van der Waals surface area contributed by atoms with Gasteiger partial charge in [0.1, 0.15) is 0 Å². The summed E-state index contributed by atoms with van der Waals surface area (Å²) in [5, 5.41) is 8.08. The fourth-order valence-corrected chi connectivity index (χ4v) is 0.363. The first kappa shape index (κ1) is 9.17. The minimum absolute atomic E-state index is 0.0213. The predicted octanol–water partition coefficient (Wildman–Crippen LogP) is 1.09. The van der Waals surface area contributed by atoms with Crippen molar-refractivity contribution in [3.05, 3.63) is 12.2 Å². The molecule has 0 spiro atoms. The average Bonchev–Trinajstić information content (AvgIpc) is 1.81. The van der Waals surface area contributed by atoms with Gasteiger partial charge in [-0.05, 0) is 5.41 Å². The van der Waals surface area contributed by atoms with Gasteiger partial charge in [-0.15, -0.1) is 0 Å². The Balaban J connectivity index is 3.88. The number of allylic oxidation sites excluding steroid dienone is 1. The molecule has 0 aromatic carbocycles. The molecule has 0 bridgehead atoms. The largest absolute Gasteiger partial charge is 0.288 e. The summed E-state index contributed by atoms with van der Waals surface area (Å²) < 4.78 is 0. The molecule has 2 N–H and O–H groups in total. The molecule has 0 fully saturated rings. The van der Waals surface area contributed by atoms with Gasteiger partial charge < -0.3 is 0 Å². The second kappa shape index (κ2) is 3.37. The van der Waals surface area contributed by atoms with Gasteiger partial charge in [-0.25, -0.2) is 5.48 Å². The third kappa shape index (κ3) is 5.31. The Bertz CT molecular complexity index is 144. The maximum atomic E-state index is 10.4. The Morgan fingerprint density at radius 2 is 2.00 bits per heavy atom. The van der Waals surface area contributed by atoms with E-state index in [4.69, 9.17) is 5.21 Å². The summed E-state index contributed by atoms with van der Waals surface area (Å²) in [5.74, 6) is -0.491.